The summed E-state index contributed by atoms with van der Waals surface area (Å²) in [5, 5.41) is 0.803. The minimum Gasteiger partial charge on any atom is -0.497 e. The van der Waals surface area contributed by atoms with Gasteiger partial charge >= 0.3 is 0 Å². The fourth-order valence-corrected chi connectivity index (χ4v) is 4.64. The third-order valence-corrected chi connectivity index (χ3v) is 6.19. The van der Waals surface area contributed by atoms with Gasteiger partial charge in [-0.05, 0) is 60.7 Å². The SMILES string of the molecule is COc1ccc(CN2CCCC(C3NNCC3c3ccc(Cl)cc3)C2)cc1. The molecule has 0 saturated carbocycles. The van der Waals surface area contributed by atoms with Crippen LogP contribution in [0.2, 0.25) is 5.02 Å². The second-order valence-electron chi connectivity index (χ2n) is 7.69. The highest BCUT2D eigenvalue weighted by atomic mass is 35.5. The predicted octanol–water partition coefficient (Wildman–Crippen LogP) is 3.82. The zero-order valence-corrected chi connectivity index (χ0v) is 16.6. The number of hydrogen-bond acceptors (Lipinski definition) is 4. The summed E-state index contributed by atoms with van der Waals surface area (Å²) in [4.78, 5) is 2.59. The number of ether oxygens (including phenoxy) is 1. The fraction of sp³-hybridized carbons (Fsp3) is 0.455. The quantitative estimate of drug-likeness (QED) is 0.820. The molecule has 0 spiro atoms. The number of hydrazine groups is 1. The number of methoxy groups -OCH3 is 1. The smallest absolute Gasteiger partial charge is 0.118 e. The molecule has 2 aromatic rings. The van der Waals surface area contributed by atoms with Crippen molar-refractivity contribution in [1.29, 1.82) is 0 Å². The molecule has 2 aliphatic heterocycles. The van der Waals surface area contributed by atoms with Crippen LogP contribution in [-0.4, -0.2) is 37.7 Å². The molecular formula is C22H28ClN3O. The summed E-state index contributed by atoms with van der Waals surface area (Å²) >= 11 is 6.07. The molecule has 2 aliphatic rings. The van der Waals surface area contributed by atoms with Crippen LogP contribution in [0.4, 0.5) is 0 Å². The van der Waals surface area contributed by atoms with Crippen molar-refractivity contribution >= 4 is 11.6 Å². The molecule has 0 radical (unpaired) electrons. The van der Waals surface area contributed by atoms with E-state index in [0.717, 1.165) is 30.4 Å². The van der Waals surface area contributed by atoms with E-state index in [2.05, 4.69) is 52.1 Å². The molecule has 2 aromatic carbocycles. The highest BCUT2D eigenvalue weighted by Gasteiger charge is 2.36. The largest absolute Gasteiger partial charge is 0.497 e. The Morgan fingerprint density at radius 3 is 2.63 bits per heavy atom. The summed E-state index contributed by atoms with van der Waals surface area (Å²) in [6.07, 6.45) is 2.54. The highest BCUT2D eigenvalue weighted by molar-refractivity contribution is 6.30. The van der Waals surface area contributed by atoms with Gasteiger partial charge in [0.1, 0.15) is 5.75 Å². The number of nitrogens with one attached hydrogen (secondary N) is 2. The number of piperidine rings is 1. The summed E-state index contributed by atoms with van der Waals surface area (Å²) < 4.78 is 5.27. The van der Waals surface area contributed by atoms with Gasteiger partial charge in [0.25, 0.3) is 0 Å². The van der Waals surface area contributed by atoms with Crippen LogP contribution < -0.4 is 15.6 Å². The first-order valence-electron chi connectivity index (χ1n) is 9.82. The van der Waals surface area contributed by atoms with E-state index in [-0.39, 0.29) is 0 Å². The van der Waals surface area contributed by atoms with Gasteiger partial charge < -0.3 is 4.74 Å². The molecule has 4 nitrogen and oxygen atoms in total. The van der Waals surface area contributed by atoms with Crippen molar-refractivity contribution in [3.05, 3.63) is 64.7 Å². The average molecular weight is 386 g/mol. The van der Waals surface area contributed by atoms with E-state index in [1.165, 1.54) is 30.5 Å². The molecule has 2 fully saturated rings. The lowest BCUT2D eigenvalue weighted by atomic mass is 9.81. The van der Waals surface area contributed by atoms with Crippen molar-refractivity contribution in [2.75, 3.05) is 26.7 Å². The van der Waals surface area contributed by atoms with Crippen molar-refractivity contribution in [2.45, 2.75) is 31.3 Å². The summed E-state index contributed by atoms with van der Waals surface area (Å²) in [7, 11) is 1.71. The average Bonchev–Trinajstić information content (AvgIpc) is 3.19. The van der Waals surface area contributed by atoms with Gasteiger partial charge in [-0.3, -0.25) is 15.8 Å². The van der Waals surface area contributed by atoms with E-state index in [1.54, 1.807) is 7.11 Å². The Kier molecular flexibility index (Phi) is 5.98. The van der Waals surface area contributed by atoms with E-state index in [9.17, 15) is 0 Å². The fourth-order valence-electron chi connectivity index (χ4n) is 4.51. The van der Waals surface area contributed by atoms with E-state index in [1.807, 2.05) is 12.1 Å². The first kappa shape index (κ1) is 18.8. The molecule has 0 amide bonds. The molecule has 2 N–H and O–H groups in total. The molecule has 0 bridgehead atoms. The van der Waals surface area contributed by atoms with Crippen LogP contribution >= 0.6 is 11.6 Å². The van der Waals surface area contributed by atoms with Crippen molar-refractivity contribution in [3.63, 3.8) is 0 Å². The molecule has 2 saturated heterocycles. The van der Waals surface area contributed by atoms with Crippen LogP contribution in [0.1, 0.15) is 29.9 Å². The van der Waals surface area contributed by atoms with E-state index in [4.69, 9.17) is 16.3 Å². The molecule has 0 aromatic heterocycles. The monoisotopic (exact) mass is 385 g/mol. The van der Waals surface area contributed by atoms with Gasteiger partial charge in [0, 0.05) is 36.6 Å². The molecule has 2 heterocycles. The maximum absolute atomic E-state index is 6.07. The Balaban J connectivity index is 1.41. The standard InChI is InChI=1S/C22H28ClN3O/c1-27-20-10-4-16(5-11-20)14-26-12-2-3-18(15-26)22-21(13-24-25-22)17-6-8-19(23)9-7-17/h4-11,18,21-22,24-25H,2-3,12-15H2,1H3. The summed E-state index contributed by atoms with van der Waals surface area (Å²) in [5.41, 5.74) is 9.68. The number of rotatable bonds is 5. The Morgan fingerprint density at radius 1 is 1.11 bits per heavy atom. The lowest BCUT2D eigenvalue weighted by molar-refractivity contribution is 0.139. The van der Waals surface area contributed by atoms with E-state index >= 15 is 0 Å². The predicted molar refractivity (Wildman–Crippen MR) is 110 cm³/mol. The Bertz CT molecular complexity index is 734. The van der Waals surface area contributed by atoms with Crippen molar-refractivity contribution < 1.29 is 4.74 Å². The van der Waals surface area contributed by atoms with Crippen molar-refractivity contribution in [1.82, 2.24) is 15.8 Å². The minimum absolute atomic E-state index is 0.463. The highest BCUT2D eigenvalue weighted by Crippen LogP contribution is 2.32. The molecule has 4 rings (SSSR count). The molecule has 144 valence electrons. The number of hydrogen-bond donors (Lipinski definition) is 2. The summed E-state index contributed by atoms with van der Waals surface area (Å²) in [6.45, 7) is 4.29. The second kappa shape index (κ2) is 8.61. The first-order valence-corrected chi connectivity index (χ1v) is 10.2. The molecule has 3 unspecified atom stereocenters. The van der Waals surface area contributed by atoms with E-state index < -0.39 is 0 Å². The lowest BCUT2D eigenvalue weighted by Gasteiger charge is -2.37. The van der Waals surface area contributed by atoms with Gasteiger partial charge in [0.2, 0.25) is 0 Å². The van der Waals surface area contributed by atoms with Crippen molar-refractivity contribution in [2.24, 2.45) is 5.92 Å². The topological polar surface area (TPSA) is 36.5 Å². The summed E-state index contributed by atoms with van der Waals surface area (Å²) in [6, 6.07) is 17.3. The number of likely N-dealkylation sites (tertiary alicyclic amines) is 1. The van der Waals surface area contributed by atoms with Gasteiger partial charge in [0.15, 0.2) is 0 Å². The third kappa shape index (κ3) is 4.46. The zero-order valence-electron chi connectivity index (χ0n) is 15.8. The van der Waals surface area contributed by atoms with Gasteiger partial charge in [-0.2, -0.15) is 0 Å². The van der Waals surface area contributed by atoms with Crippen molar-refractivity contribution in [3.8, 4) is 5.75 Å². The molecule has 5 heteroatoms. The summed E-state index contributed by atoms with van der Waals surface area (Å²) in [5.74, 6) is 2.06. The number of nitrogens with zero attached hydrogens (tertiary/aromatic N) is 1. The van der Waals surface area contributed by atoms with Crippen LogP contribution in [0.5, 0.6) is 5.75 Å². The van der Waals surface area contributed by atoms with Crippen LogP contribution in [0, 0.1) is 5.92 Å². The maximum atomic E-state index is 6.07. The maximum Gasteiger partial charge on any atom is 0.118 e. The normalized spacial score (nSPS) is 26.2. The zero-order chi connectivity index (χ0) is 18.6. The third-order valence-electron chi connectivity index (χ3n) is 5.94. The van der Waals surface area contributed by atoms with Gasteiger partial charge in [-0.25, -0.2) is 0 Å². The Morgan fingerprint density at radius 2 is 1.89 bits per heavy atom. The van der Waals surface area contributed by atoms with Crippen LogP contribution in [0.15, 0.2) is 48.5 Å². The van der Waals surface area contributed by atoms with Gasteiger partial charge in [-0.1, -0.05) is 35.9 Å². The van der Waals surface area contributed by atoms with Crippen LogP contribution in [0.3, 0.4) is 0 Å². The van der Waals surface area contributed by atoms with Crippen LogP contribution in [-0.2, 0) is 6.54 Å². The van der Waals surface area contributed by atoms with E-state index in [0.29, 0.717) is 17.9 Å². The number of halogens is 1. The van der Waals surface area contributed by atoms with Gasteiger partial charge in [0.05, 0.1) is 7.11 Å². The van der Waals surface area contributed by atoms with Crippen LogP contribution in [0.25, 0.3) is 0 Å². The Labute approximate surface area is 166 Å². The minimum atomic E-state index is 0.463. The van der Waals surface area contributed by atoms with Gasteiger partial charge in [-0.15, -0.1) is 0 Å². The number of benzene rings is 2. The molecule has 27 heavy (non-hydrogen) atoms. The molecular weight excluding hydrogens is 358 g/mol. The lowest BCUT2D eigenvalue weighted by Crippen LogP contribution is -2.46. The second-order valence-corrected chi connectivity index (χ2v) is 8.13. The molecule has 0 aliphatic carbocycles. The molecule has 3 atom stereocenters. The first-order chi connectivity index (χ1) is 13.2. The Hall–Kier alpha value is -1.59.